The molecule has 0 atom stereocenters. The van der Waals surface area contributed by atoms with Crippen molar-refractivity contribution in [2.24, 2.45) is 7.05 Å². The fraction of sp³-hybridized carbons (Fsp3) is 0.238. The van der Waals surface area contributed by atoms with Crippen LogP contribution in [0.5, 0.6) is 5.75 Å². The Kier molecular flexibility index (Phi) is 5.88. The molecule has 2 aromatic carbocycles. The average Bonchev–Trinajstić information content (AvgIpc) is 3.29. The minimum absolute atomic E-state index is 0.174. The summed E-state index contributed by atoms with van der Waals surface area (Å²) < 4.78 is 9.13. The summed E-state index contributed by atoms with van der Waals surface area (Å²) in [7, 11) is 1.95. The molecule has 0 aliphatic carbocycles. The van der Waals surface area contributed by atoms with E-state index in [9.17, 15) is 4.79 Å². The molecule has 0 radical (unpaired) electrons. The Morgan fingerprint density at radius 3 is 2.68 bits per heavy atom. The summed E-state index contributed by atoms with van der Waals surface area (Å²) in [6.45, 7) is 4.24. The van der Waals surface area contributed by atoms with Gasteiger partial charge in [-0.25, -0.2) is 9.89 Å². The summed E-state index contributed by atoms with van der Waals surface area (Å²) in [6.07, 6.45) is 2.05. The first-order chi connectivity index (χ1) is 14.9. The second kappa shape index (κ2) is 8.60. The molecule has 4 rings (SSSR count). The first-order valence-electron chi connectivity index (χ1n) is 9.50. The van der Waals surface area contributed by atoms with Crippen molar-refractivity contribution in [3.05, 3.63) is 68.6 Å². The number of hydrogen-bond acceptors (Lipinski definition) is 6. The molecule has 4 aromatic rings. The van der Waals surface area contributed by atoms with Gasteiger partial charge in [0, 0.05) is 28.8 Å². The van der Waals surface area contributed by atoms with Crippen LogP contribution in [0.2, 0.25) is 5.02 Å². The van der Waals surface area contributed by atoms with E-state index in [0.29, 0.717) is 16.3 Å². The summed E-state index contributed by atoms with van der Waals surface area (Å²) >= 11 is 8.07. The zero-order valence-electron chi connectivity index (χ0n) is 17.5. The molecular weight excluding hydrogens is 436 g/mol. The number of H-pyrrole nitrogens is 1. The van der Waals surface area contributed by atoms with Gasteiger partial charge in [0.25, 0.3) is 0 Å². The summed E-state index contributed by atoms with van der Waals surface area (Å²) in [6, 6.07) is 11.2. The van der Waals surface area contributed by atoms with Gasteiger partial charge in [0.1, 0.15) is 12.4 Å². The molecular formula is C21H21ClN6O2S. The second-order valence-corrected chi connectivity index (χ2v) is 8.23. The van der Waals surface area contributed by atoms with E-state index in [1.807, 2.05) is 37.0 Å². The Bertz CT molecular complexity index is 1310. The lowest BCUT2D eigenvalue weighted by Crippen LogP contribution is -2.18. The number of benzene rings is 2. The molecule has 2 aromatic heterocycles. The smallest absolute Gasteiger partial charge is 0.365 e. The standard InChI is InChI=1S/C21H21ClN6O2S/c1-12-10-14(19-13(2)20(31-4)27(3)24-19)8-9-18(12)30-11-15-16(22)6-5-7-17(15)28-21(29)23-25-26-28/h5-10H,11H2,1-4H3,(H,23,26,29). The van der Waals surface area contributed by atoms with Gasteiger partial charge in [0.15, 0.2) is 0 Å². The highest BCUT2D eigenvalue weighted by Crippen LogP contribution is 2.32. The van der Waals surface area contributed by atoms with Crippen LogP contribution in [-0.4, -0.2) is 36.2 Å². The van der Waals surface area contributed by atoms with Crippen molar-refractivity contribution in [2.45, 2.75) is 25.5 Å². The fourth-order valence-electron chi connectivity index (χ4n) is 3.53. The van der Waals surface area contributed by atoms with Crippen LogP contribution >= 0.6 is 23.4 Å². The van der Waals surface area contributed by atoms with Gasteiger partial charge >= 0.3 is 5.69 Å². The maximum absolute atomic E-state index is 11.9. The van der Waals surface area contributed by atoms with Crippen LogP contribution in [0, 0.1) is 13.8 Å². The Morgan fingerprint density at radius 1 is 1.23 bits per heavy atom. The van der Waals surface area contributed by atoms with Crippen LogP contribution in [0.15, 0.2) is 46.2 Å². The van der Waals surface area contributed by atoms with E-state index in [4.69, 9.17) is 16.3 Å². The highest BCUT2D eigenvalue weighted by molar-refractivity contribution is 7.98. The predicted octanol–water partition coefficient (Wildman–Crippen LogP) is 3.93. The van der Waals surface area contributed by atoms with Gasteiger partial charge in [-0.2, -0.15) is 9.78 Å². The largest absolute Gasteiger partial charge is 0.488 e. The van der Waals surface area contributed by atoms with Crippen LogP contribution < -0.4 is 10.4 Å². The van der Waals surface area contributed by atoms with E-state index in [1.54, 1.807) is 30.0 Å². The molecule has 0 fully saturated rings. The number of nitrogens with zero attached hydrogens (tertiary/aromatic N) is 5. The molecule has 0 aliphatic heterocycles. The first-order valence-corrected chi connectivity index (χ1v) is 11.1. The molecule has 0 spiro atoms. The van der Waals surface area contributed by atoms with Gasteiger partial charge in [0.2, 0.25) is 0 Å². The van der Waals surface area contributed by atoms with Crippen LogP contribution in [0.3, 0.4) is 0 Å². The minimum Gasteiger partial charge on any atom is -0.488 e. The van der Waals surface area contributed by atoms with Crippen LogP contribution in [0.25, 0.3) is 16.9 Å². The molecule has 0 unspecified atom stereocenters. The topological polar surface area (TPSA) is 90.6 Å². The molecule has 0 saturated heterocycles. The first kappa shape index (κ1) is 21.2. The van der Waals surface area contributed by atoms with Crippen LogP contribution in [0.1, 0.15) is 16.7 Å². The highest BCUT2D eigenvalue weighted by atomic mass is 35.5. The lowest BCUT2D eigenvalue weighted by Gasteiger charge is -2.14. The number of aromatic amines is 1. The van der Waals surface area contributed by atoms with Crippen molar-refractivity contribution in [1.29, 1.82) is 0 Å². The Balaban J connectivity index is 1.61. The highest BCUT2D eigenvalue weighted by Gasteiger charge is 2.16. The molecule has 8 nitrogen and oxygen atoms in total. The van der Waals surface area contributed by atoms with Crippen LogP contribution in [0.4, 0.5) is 0 Å². The van der Waals surface area contributed by atoms with Crippen molar-refractivity contribution in [2.75, 3.05) is 6.26 Å². The lowest BCUT2D eigenvalue weighted by molar-refractivity contribution is 0.303. The number of halogens is 1. The summed E-state index contributed by atoms with van der Waals surface area (Å²) in [4.78, 5) is 11.9. The van der Waals surface area contributed by atoms with Gasteiger partial charge in [-0.05, 0) is 66.4 Å². The number of ether oxygens (including phenoxy) is 1. The summed E-state index contributed by atoms with van der Waals surface area (Å²) in [5.74, 6) is 0.723. The lowest BCUT2D eigenvalue weighted by atomic mass is 10.1. The quantitative estimate of drug-likeness (QED) is 0.442. The van der Waals surface area contributed by atoms with Gasteiger partial charge in [-0.15, -0.1) is 11.8 Å². The predicted molar refractivity (Wildman–Crippen MR) is 121 cm³/mol. The van der Waals surface area contributed by atoms with Gasteiger partial charge in [-0.1, -0.05) is 17.7 Å². The van der Waals surface area contributed by atoms with Crippen molar-refractivity contribution < 1.29 is 4.74 Å². The summed E-state index contributed by atoms with van der Waals surface area (Å²) in [5, 5.41) is 15.9. The van der Waals surface area contributed by atoms with Crippen molar-refractivity contribution in [3.8, 4) is 22.7 Å². The van der Waals surface area contributed by atoms with E-state index < -0.39 is 5.69 Å². The van der Waals surface area contributed by atoms with Crippen molar-refractivity contribution >= 4 is 23.4 Å². The number of thioether (sulfide) groups is 1. The van der Waals surface area contributed by atoms with E-state index in [1.165, 1.54) is 0 Å². The zero-order chi connectivity index (χ0) is 22.1. The number of nitrogens with one attached hydrogen (secondary N) is 1. The van der Waals surface area contributed by atoms with Crippen molar-refractivity contribution in [3.63, 3.8) is 0 Å². The molecule has 0 saturated carbocycles. The van der Waals surface area contributed by atoms with E-state index in [0.717, 1.165) is 37.8 Å². The van der Waals surface area contributed by atoms with Gasteiger partial charge in [-0.3, -0.25) is 4.68 Å². The zero-order valence-corrected chi connectivity index (χ0v) is 19.1. The molecule has 0 bridgehead atoms. The van der Waals surface area contributed by atoms with Crippen molar-refractivity contribution in [1.82, 2.24) is 30.0 Å². The second-order valence-electron chi connectivity index (χ2n) is 7.03. The maximum atomic E-state index is 11.9. The molecule has 2 heterocycles. The maximum Gasteiger partial charge on any atom is 0.365 e. The van der Waals surface area contributed by atoms with E-state index >= 15 is 0 Å². The number of tetrazole rings is 1. The molecule has 160 valence electrons. The number of hydrogen-bond donors (Lipinski definition) is 1. The third-order valence-corrected chi connectivity index (χ3v) is 6.34. The van der Waals surface area contributed by atoms with Gasteiger partial charge < -0.3 is 4.74 Å². The molecule has 10 heteroatoms. The third-order valence-electron chi connectivity index (χ3n) is 5.03. The number of aryl methyl sites for hydroxylation is 2. The molecule has 1 N–H and O–H groups in total. The summed E-state index contributed by atoms with van der Waals surface area (Å²) in [5.41, 5.74) is 4.84. The number of aromatic nitrogens is 6. The number of rotatable bonds is 6. The molecule has 0 aliphatic rings. The Labute approximate surface area is 188 Å². The molecule has 31 heavy (non-hydrogen) atoms. The average molecular weight is 457 g/mol. The SMILES string of the molecule is CSc1c(C)c(-c2ccc(OCc3c(Cl)cccc3-n3nn[nH]c3=O)c(C)c2)nn1C. The van der Waals surface area contributed by atoms with Crippen LogP contribution in [-0.2, 0) is 13.7 Å². The Hall–Kier alpha value is -3.04. The van der Waals surface area contributed by atoms with E-state index in [2.05, 4.69) is 33.6 Å². The third kappa shape index (κ3) is 3.98. The fourth-order valence-corrected chi connectivity index (χ4v) is 4.46. The van der Waals surface area contributed by atoms with Gasteiger partial charge in [0.05, 0.1) is 16.4 Å². The normalized spacial score (nSPS) is 11.1. The Morgan fingerprint density at radius 2 is 2.03 bits per heavy atom. The monoisotopic (exact) mass is 456 g/mol. The molecule has 0 amide bonds. The minimum atomic E-state index is -0.445. The van der Waals surface area contributed by atoms with E-state index in [-0.39, 0.29) is 6.61 Å².